The molecule has 2 saturated heterocycles. The predicted octanol–water partition coefficient (Wildman–Crippen LogP) is 5.10. The van der Waals surface area contributed by atoms with Crippen LogP contribution in [0.15, 0.2) is 60.8 Å². The third-order valence-corrected chi connectivity index (χ3v) is 7.83. The molecule has 5 rings (SSSR count). The van der Waals surface area contributed by atoms with E-state index in [0.717, 1.165) is 37.9 Å². The summed E-state index contributed by atoms with van der Waals surface area (Å²) < 4.78 is 14.1. The van der Waals surface area contributed by atoms with E-state index in [2.05, 4.69) is 23.2 Å². The summed E-state index contributed by atoms with van der Waals surface area (Å²) in [5, 5.41) is 1.19. The molecule has 5 nitrogen and oxygen atoms in total. The Morgan fingerprint density at radius 3 is 2.60 bits per heavy atom. The van der Waals surface area contributed by atoms with E-state index in [0.29, 0.717) is 31.8 Å². The number of amides is 2. The van der Waals surface area contributed by atoms with E-state index in [1.54, 1.807) is 17.0 Å². The maximum atomic E-state index is 14.1. The molecule has 1 aromatic heterocycles. The lowest BCUT2D eigenvalue weighted by molar-refractivity contribution is -0.145. The zero-order valence-corrected chi connectivity index (χ0v) is 20.3. The van der Waals surface area contributed by atoms with Gasteiger partial charge in [-0.25, -0.2) is 4.39 Å². The van der Waals surface area contributed by atoms with Gasteiger partial charge in [0.2, 0.25) is 5.91 Å². The van der Waals surface area contributed by atoms with E-state index in [-0.39, 0.29) is 17.4 Å². The highest BCUT2D eigenvalue weighted by molar-refractivity contribution is 5.94. The fourth-order valence-corrected chi connectivity index (χ4v) is 5.68. The van der Waals surface area contributed by atoms with Crippen LogP contribution < -0.4 is 0 Å². The number of aromatic nitrogens is 1. The molecule has 2 aliphatic rings. The van der Waals surface area contributed by atoms with Gasteiger partial charge in [-0.05, 0) is 67.9 Å². The monoisotopic (exact) mass is 473 g/mol. The number of halogens is 1. The molecular weight excluding hydrogens is 441 g/mol. The van der Waals surface area contributed by atoms with E-state index in [1.165, 1.54) is 23.1 Å². The van der Waals surface area contributed by atoms with Gasteiger partial charge in [0.15, 0.2) is 0 Å². The van der Waals surface area contributed by atoms with Crippen LogP contribution in [-0.4, -0.2) is 52.8 Å². The maximum Gasteiger partial charge on any atom is 0.256 e. The number of rotatable bonds is 4. The van der Waals surface area contributed by atoms with Gasteiger partial charge >= 0.3 is 0 Å². The highest BCUT2D eigenvalue weighted by atomic mass is 19.1. The second-order valence-electron chi connectivity index (χ2n) is 10.3. The molecule has 2 aliphatic heterocycles. The van der Waals surface area contributed by atoms with Gasteiger partial charge in [0.1, 0.15) is 5.82 Å². The van der Waals surface area contributed by atoms with E-state index in [1.807, 2.05) is 30.2 Å². The van der Waals surface area contributed by atoms with Crippen LogP contribution in [0.5, 0.6) is 0 Å². The Hall–Kier alpha value is -3.28. The first-order valence-electron chi connectivity index (χ1n) is 12.6. The molecule has 2 aromatic carbocycles. The zero-order valence-electron chi connectivity index (χ0n) is 20.3. The van der Waals surface area contributed by atoms with Crippen LogP contribution in [0.3, 0.4) is 0 Å². The van der Waals surface area contributed by atoms with Crippen LogP contribution in [0.25, 0.3) is 10.9 Å². The average molecular weight is 474 g/mol. The molecule has 2 fully saturated rings. The Bertz CT molecular complexity index is 1230. The molecule has 0 saturated carbocycles. The SMILES string of the molecule is CC1(C(=O)N2CCCC(Cc3cccc4ncccc34)C2)CCN(C(=O)c2ccccc2F)CC1. The number of hydrogen-bond donors (Lipinski definition) is 0. The van der Waals surface area contributed by atoms with E-state index < -0.39 is 11.2 Å². The maximum absolute atomic E-state index is 14.1. The van der Waals surface area contributed by atoms with E-state index >= 15 is 0 Å². The van der Waals surface area contributed by atoms with Crippen LogP contribution in [0.4, 0.5) is 4.39 Å². The molecule has 3 aromatic rings. The first-order valence-corrected chi connectivity index (χ1v) is 12.6. The Labute approximate surface area is 205 Å². The van der Waals surface area contributed by atoms with E-state index in [9.17, 15) is 14.0 Å². The number of piperidine rings is 2. The Morgan fingerprint density at radius 1 is 1.00 bits per heavy atom. The lowest BCUT2D eigenvalue weighted by Crippen LogP contribution is -2.52. The Balaban J connectivity index is 1.22. The third-order valence-electron chi connectivity index (χ3n) is 7.83. The van der Waals surface area contributed by atoms with Gasteiger partial charge in [0.05, 0.1) is 11.1 Å². The first kappa shape index (κ1) is 23.5. The minimum Gasteiger partial charge on any atom is -0.342 e. The van der Waals surface area contributed by atoms with Gasteiger partial charge in [0.25, 0.3) is 5.91 Å². The minimum atomic E-state index is -0.497. The summed E-state index contributed by atoms with van der Waals surface area (Å²) in [6, 6.07) is 16.5. The molecule has 0 spiro atoms. The van der Waals surface area contributed by atoms with Crippen molar-refractivity contribution in [3.8, 4) is 0 Å². The molecule has 1 unspecified atom stereocenters. The summed E-state index contributed by atoms with van der Waals surface area (Å²) in [4.78, 5) is 34.6. The van der Waals surface area contributed by atoms with Crippen molar-refractivity contribution in [2.75, 3.05) is 26.2 Å². The summed E-state index contributed by atoms with van der Waals surface area (Å²) in [5.41, 5.74) is 1.92. The third kappa shape index (κ3) is 4.79. The summed E-state index contributed by atoms with van der Waals surface area (Å²) in [7, 11) is 0. The minimum absolute atomic E-state index is 0.102. The summed E-state index contributed by atoms with van der Waals surface area (Å²) in [5.74, 6) is -0.173. The second kappa shape index (κ2) is 9.76. The molecule has 0 radical (unpaired) electrons. The molecule has 35 heavy (non-hydrogen) atoms. The fraction of sp³-hybridized carbons (Fsp3) is 0.414. The average Bonchev–Trinajstić information content (AvgIpc) is 2.89. The number of carbonyl (C=O) groups is 2. The van der Waals surface area contributed by atoms with E-state index in [4.69, 9.17) is 0 Å². The standard InChI is InChI=1S/C29H32FN3O2/c1-29(13-17-32(18-14-29)27(34)24-9-2-3-11-25(24)30)28(35)33-16-6-7-21(20-33)19-22-8-4-12-26-23(22)10-5-15-31-26/h2-5,8-12,15,21H,6-7,13-14,16-20H2,1H3. The van der Waals surface area contributed by atoms with Crippen LogP contribution in [0.1, 0.15) is 48.5 Å². The number of pyridine rings is 1. The van der Waals surface area contributed by atoms with Crippen molar-refractivity contribution in [2.24, 2.45) is 11.3 Å². The first-order chi connectivity index (χ1) is 16.9. The van der Waals surface area contributed by atoms with Crippen molar-refractivity contribution < 1.29 is 14.0 Å². The summed E-state index contributed by atoms with van der Waals surface area (Å²) >= 11 is 0. The van der Waals surface area contributed by atoms with Crippen molar-refractivity contribution >= 4 is 22.7 Å². The largest absolute Gasteiger partial charge is 0.342 e. The molecule has 6 heteroatoms. The number of likely N-dealkylation sites (tertiary alicyclic amines) is 2. The fourth-order valence-electron chi connectivity index (χ4n) is 5.68. The van der Waals surface area contributed by atoms with Gasteiger partial charge in [-0.15, -0.1) is 0 Å². The van der Waals surface area contributed by atoms with Gasteiger partial charge in [-0.2, -0.15) is 0 Å². The number of benzene rings is 2. The number of carbonyl (C=O) groups excluding carboxylic acids is 2. The Kier molecular flexibility index (Phi) is 6.54. The lowest BCUT2D eigenvalue weighted by atomic mass is 9.78. The Morgan fingerprint density at radius 2 is 1.80 bits per heavy atom. The van der Waals surface area contributed by atoms with Gasteiger partial charge in [0, 0.05) is 43.2 Å². The molecule has 2 amide bonds. The molecular formula is C29H32FN3O2. The second-order valence-corrected chi connectivity index (χ2v) is 10.3. The van der Waals surface area contributed by atoms with Crippen molar-refractivity contribution in [1.29, 1.82) is 0 Å². The van der Waals surface area contributed by atoms with Gasteiger partial charge in [-0.3, -0.25) is 14.6 Å². The van der Waals surface area contributed by atoms with Crippen molar-refractivity contribution in [3.05, 3.63) is 77.7 Å². The van der Waals surface area contributed by atoms with Crippen LogP contribution in [0, 0.1) is 17.2 Å². The quantitative estimate of drug-likeness (QED) is 0.530. The summed E-state index contributed by atoms with van der Waals surface area (Å²) in [6.45, 7) is 4.52. The molecule has 0 aliphatic carbocycles. The lowest BCUT2D eigenvalue weighted by Gasteiger charge is -2.43. The number of nitrogens with zero attached hydrogens (tertiary/aromatic N) is 3. The smallest absolute Gasteiger partial charge is 0.256 e. The molecule has 0 N–H and O–H groups in total. The highest BCUT2D eigenvalue weighted by Gasteiger charge is 2.41. The molecule has 1 atom stereocenters. The summed E-state index contributed by atoms with van der Waals surface area (Å²) in [6.07, 6.45) is 6.08. The van der Waals surface area contributed by atoms with Crippen LogP contribution >= 0.6 is 0 Å². The zero-order chi connectivity index (χ0) is 24.4. The number of hydrogen-bond acceptors (Lipinski definition) is 3. The predicted molar refractivity (Wildman–Crippen MR) is 134 cm³/mol. The van der Waals surface area contributed by atoms with Crippen molar-refractivity contribution in [3.63, 3.8) is 0 Å². The molecule has 3 heterocycles. The molecule has 182 valence electrons. The highest BCUT2D eigenvalue weighted by Crippen LogP contribution is 2.35. The van der Waals surface area contributed by atoms with Crippen LogP contribution in [-0.2, 0) is 11.2 Å². The van der Waals surface area contributed by atoms with Crippen molar-refractivity contribution in [2.45, 2.75) is 39.0 Å². The van der Waals surface area contributed by atoms with Gasteiger partial charge < -0.3 is 9.80 Å². The normalized spacial score (nSPS) is 20.1. The number of fused-ring (bicyclic) bond motifs is 1. The topological polar surface area (TPSA) is 53.5 Å². The van der Waals surface area contributed by atoms with Crippen LogP contribution in [0.2, 0.25) is 0 Å². The molecule has 0 bridgehead atoms. The van der Waals surface area contributed by atoms with Gasteiger partial charge in [-0.1, -0.05) is 37.3 Å². The van der Waals surface area contributed by atoms with Crippen molar-refractivity contribution in [1.82, 2.24) is 14.8 Å².